The van der Waals surface area contributed by atoms with Crippen LogP contribution in [0.2, 0.25) is 0 Å². The summed E-state index contributed by atoms with van der Waals surface area (Å²) in [7, 11) is 0.884. The molecule has 18 heavy (non-hydrogen) atoms. The molecule has 1 rings (SSSR count). The van der Waals surface area contributed by atoms with Crippen LogP contribution >= 0.6 is 7.80 Å². The van der Waals surface area contributed by atoms with Crippen LogP contribution in [0.15, 0.2) is 18.2 Å². The Hall–Kier alpha value is -1.41. The topological polar surface area (TPSA) is 52.6 Å². The molecule has 0 aliphatic carbocycles. The van der Waals surface area contributed by atoms with Gasteiger partial charge in [-0.25, -0.2) is 4.79 Å². The fourth-order valence-corrected chi connectivity index (χ4v) is 2.50. The van der Waals surface area contributed by atoms with Crippen LogP contribution in [-0.4, -0.2) is 24.9 Å². The van der Waals surface area contributed by atoms with Crippen molar-refractivity contribution in [3.05, 3.63) is 23.8 Å². The Morgan fingerprint density at radius 3 is 1.89 bits per heavy atom. The summed E-state index contributed by atoms with van der Waals surface area (Å²) in [5, 5.41) is -0.585. The molecule has 1 atom stereocenters. The predicted molar refractivity (Wildman–Crippen MR) is 71.2 cm³/mol. The molecule has 0 aliphatic rings. The average molecular weight is 269 g/mol. The van der Waals surface area contributed by atoms with E-state index in [1.54, 1.807) is 39.0 Å². The molecule has 1 aromatic carbocycles. The maximum atomic E-state index is 12.3. The van der Waals surface area contributed by atoms with E-state index in [2.05, 4.69) is 0 Å². The van der Waals surface area contributed by atoms with Gasteiger partial charge in [0.2, 0.25) is 0 Å². The Kier molecular flexibility index (Phi) is 4.47. The lowest BCUT2D eigenvalue weighted by Gasteiger charge is -2.10. The molecule has 0 aliphatic heterocycles. The van der Waals surface area contributed by atoms with E-state index in [1.807, 2.05) is 0 Å². The van der Waals surface area contributed by atoms with Gasteiger partial charge in [0.25, 0.3) is 0 Å². The van der Waals surface area contributed by atoms with E-state index < -0.39 is 18.5 Å². The second-order valence-corrected chi connectivity index (χ2v) is 7.14. The van der Waals surface area contributed by atoms with Gasteiger partial charge in [-0.05, 0) is 32.9 Å². The van der Waals surface area contributed by atoms with E-state index in [-0.39, 0.29) is 5.56 Å². The van der Waals surface area contributed by atoms with Crippen LogP contribution in [0.1, 0.15) is 31.1 Å². The third-order valence-electron chi connectivity index (χ3n) is 2.44. The predicted octanol–water partition coefficient (Wildman–Crippen LogP) is 3.47. The van der Waals surface area contributed by atoms with E-state index in [9.17, 15) is 9.36 Å². The number of ether oxygens (including phenoxy) is 2. The van der Waals surface area contributed by atoms with Crippen molar-refractivity contribution >= 4 is 13.3 Å². The van der Waals surface area contributed by atoms with Crippen molar-refractivity contribution < 1.29 is 18.8 Å². The normalized spacial score (nSPS) is 11.9. The van der Waals surface area contributed by atoms with Gasteiger partial charge in [0.15, 0.2) is 10.7 Å². The monoisotopic (exact) mass is 269 g/mol. The zero-order valence-electron chi connectivity index (χ0n) is 11.3. The lowest BCUT2D eigenvalue weighted by Crippen LogP contribution is -2.13. The molecule has 98 valence electrons. The molecule has 0 N–H and O–H groups in total. The summed E-state index contributed by atoms with van der Waals surface area (Å²) in [5.74, 6) is 0.763. The van der Waals surface area contributed by atoms with Crippen molar-refractivity contribution in [2.45, 2.75) is 25.9 Å². The molecule has 0 fully saturated rings. The summed E-state index contributed by atoms with van der Waals surface area (Å²) in [6.07, 6.45) is 0. The molecule has 0 heterocycles. The number of methoxy groups -OCH3 is 2. The van der Waals surface area contributed by atoms with Crippen molar-refractivity contribution in [2.24, 2.45) is 0 Å². The molecule has 1 unspecified atom stereocenters. The molecule has 0 amide bonds. The first kappa shape index (κ1) is 14.7. The summed E-state index contributed by atoms with van der Waals surface area (Å²) in [4.78, 5) is 12.3. The number of carbonyl (C=O) groups excluding carboxylic acids is 1. The maximum absolute atomic E-state index is 12.3. The second kappa shape index (κ2) is 5.49. The molecular formula is C13H18O4P+. The molecule has 5 heteroatoms. The highest BCUT2D eigenvalue weighted by molar-refractivity contribution is 7.66. The molecule has 0 radical (unpaired) electrons. The van der Waals surface area contributed by atoms with Crippen LogP contribution in [0.25, 0.3) is 0 Å². The standard InChI is InChI=1S/C13H18O4P/c1-13(2,3)18(15)12(14)11-9(16-4)7-6-8-10(11)17-5/h6-8H,1-5H3/q+1. The SMILES string of the molecule is COc1cccc(OC)c1C(=O)[P+](=O)C(C)(C)C. The molecule has 0 aromatic heterocycles. The lowest BCUT2D eigenvalue weighted by molar-refractivity contribution is 0.107. The first-order valence-electron chi connectivity index (χ1n) is 5.55. The first-order chi connectivity index (χ1) is 8.32. The molecule has 4 nitrogen and oxygen atoms in total. The Bertz CT molecular complexity index is 452. The highest BCUT2D eigenvalue weighted by atomic mass is 31.1. The summed E-state index contributed by atoms with van der Waals surface area (Å²) in [6.45, 7) is 5.31. The first-order valence-corrected chi connectivity index (χ1v) is 6.81. The van der Waals surface area contributed by atoms with Gasteiger partial charge in [0.05, 0.1) is 14.2 Å². The van der Waals surface area contributed by atoms with Crippen LogP contribution in [0.4, 0.5) is 0 Å². The van der Waals surface area contributed by atoms with Crippen LogP contribution in [-0.2, 0) is 4.57 Å². The van der Waals surface area contributed by atoms with Gasteiger partial charge in [-0.2, -0.15) is 0 Å². The molecule has 0 spiro atoms. The van der Waals surface area contributed by atoms with Crippen molar-refractivity contribution in [1.29, 1.82) is 0 Å². The molecule has 1 aromatic rings. The molecule has 0 bridgehead atoms. The van der Waals surface area contributed by atoms with E-state index in [0.29, 0.717) is 11.5 Å². The van der Waals surface area contributed by atoms with Crippen molar-refractivity contribution in [3.63, 3.8) is 0 Å². The summed E-state index contributed by atoms with van der Waals surface area (Å²) >= 11 is 0. The summed E-state index contributed by atoms with van der Waals surface area (Å²) < 4.78 is 22.5. The lowest BCUT2D eigenvalue weighted by atomic mass is 10.2. The van der Waals surface area contributed by atoms with E-state index >= 15 is 0 Å². The number of carbonyl (C=O) groups is 1. The Labute approximate surface area is 108 Å². The van der Waals surface area contributed by atoms with E-state index in [1.165, 1.54) is 14.2 Å². The highest BCUT2D eigenvalue weighted by Crippen LogP contribution is 2.45. The van der Waals surface area contributed by atoms with E-state index in [0.717, 1.165) is 0 Å². The molecular weight excluding hydrogens is 251 g/mol. The smallest absolute Gasteiger partial charge is 0.425 e. The second-order valence-electron chi connectivity index (χ2n) is 4.81. The van der Waals surface area contributed by atoms with Gasteiger partial charge < -0.3 is 9.47 Å². The minimum atomic E-state index is -2.05. The van der Waals surface area contributed by atoms with Gasteiger partial charge >= 0.3 is 13.3 Å². The van der Waals surface area contributed by atoms with Gasteiger partial charge in [-0.3, -0.25) is 0 Å². The van der Waals surface area contributed by atoms with Gasteiger partial charge in [0, 0.05) is 0 Å². The van der Waals surface area contributed by atoms with Crippen molar-refractivity contribution in [2.75, 3.05) is 14.2 Å². The van der Waals surface area contributed by atoms with Crippen LogP contribution < -0.4 is 9.47 Å². The largest absolute Gasteiger partial charge is 0.496 e. The highest BCUT2D eigenvalue weighted by Gasteiger charge is 2.45. The number of rotatable bonds is 4. The fraction of sp³-hybridized carbons (Fsp3) is 0.462. The molecule has 0 saturated carbocycles. The van der Waals surface area contributed by atoms with Gasteiger partial charge in [0.1, 0.15) is 11.5 Å². The number of hydrogen-bond donors (Lipinski definition) is 0. The Balaban J connectivity index is 3.32. The number of benzene rings is 1. The van der Waals surface area contributed by atoms with E-state index in [4.69, 9.17) is 9.47 Å². The van der Waals surface area contributed by atoms with Gasteiger partial charge in [-0.1, -0.05) is 10.6 Å². The molecule has 0 saturated heterocycles. The fourth-order valence-electron chi connectivity index (χ4n) is 1.47. The van der Waals surface area contributed by atoms with Gasteiger partial charge in [-0.15, -0.1) is 0 Å². The van der Waals surface area contributed by atoms with Crippen LogP contribution in [0.3, 0.4) is 0 Å². The number of hydrogen-bond acceptors (Lipinski definition) is 4. The zero-order chi connectivity index (χ0) is 13.9. The third-order valence-corrected chi connectivity index (χ3v) is 4.25. The minimum absolute atomic E-state index is 0.249. The Morgan fingerprint density at radius 2 is 1.56 bits per heavy atom. The van der Waals surface area contributed by atoms with Crippen molar-refractivity contribution in [1.82, 2.24) is 0 Å². The summed E-state index contributed by atoms with van der Waals surface area (Å²) in [5.41, 5.74) is -0.190. The van der Waals surface area contributed by atoms with Crippen LogP contribution in [0, 0.1) is 0 Å². The Morgan fingerprint density at radius 1 is 1.11 bits per heavy atom. The summed E-state index contributed by atoms with van der Waals surface area (Å²) in [6, 6.07) is 5.03. The minimum Gasteiger partial charge on any atom is -0.496 e. The van der Waals surface area contributed by atoms with Crippen LogP contribution in [0.5, 0.6) is 11.5 Å². The van der Waals surface area contributed by atoms with Crippen molar-refractivity contribution in [3.8, 4) is 11.5 Å². The zero-order valence-corrected chi connectivity index (χ0v) is 12.2. The quantitative estimate of drug-likeness (QED) is 0.785. The maximum Gasteiger partial charge on any atom is 0.425 e. The third kappa shape index (κ3) is 2.88. The average Bonchev–Trinajstić information content (AvgIpc) is 2.34.